The molecular formula is C20H19ClN2O4. The summed E-state index contributed by atoms with van der Waals surface area (Å²) in [5.74, 6) is 0.735. The summed E-state index contributed by atoms with van der Waals surface area (Å²) in [6, 6.07) is 12.2. The van der Waals surface area contributed by atoms with Crippen LogP contribution < -0.4 is 14.8 Å². The van der Waals surface area contributed by atoms with Crippen LogP contribution >= 0.6 is 11.6 Å². The van der Waals surface area contributed by atoms with E-state index >= 15 is 0 Å². The highest BCUT2D eigenvalue weighted by atomic mass is 35.5. The molecular weight excluding hydrogens is 368 g/mol. The lowest BCUT2D eigenvalue weighted by Crippen LogP contribution is -2.40. The van der Waals surface area contributed by atoms with Gasteiger partial charge < -0.3 is 14.8 Å². The van der Waals surface area contributed by atoms with Gasteiger partial charge in [-0.3, -0.25) is 9.69 Å². The minimum atomic E-state index is -1.09. The molecule has 1 unspecified atom stereocenters. The monoisotopic (exact) mass is 386 g/mol. The number of carbonyl (C=O) groups is 2. The van der Waals surface area contributed by atoms with Gasteiger partial charge in [0.15, 0.2) is 11.5 Å². The fourth-order valence-corrected chi connectivity index (χ4v) is 3.65. The number of hydrogen-bond donors (Lipinski definition) is 1. The molecule has 7 heteroatoms. The molecule has 2 heterocycles. The van der Waals surface area contributed by atoms with Crippen LogP contribution in [0.3, 0.4) is 0 Å². The van der Waals surface area contributed by atoms with Crippen LogP contribution in [0, 0.1) is 0 Å². The van der Waals surface area contributed by atoms with E-state index in [-0.39, 0.29) is 12.5 Å². The van der Waals surface area contributed by atoms with E-state index < -0.39 is 11.6 Å². The Labute approximate surface area is 162 Å². The number of amides is 3. The number of ether oxygens (including phenoxy) is 2. The molecule has 0 bridgehead atoms. The van der Waals surface area contributed by atoms with E-state index in [9.17, 15) is 9.59 Å². The van der Waals surface area contributed by atoms with E-state index in [4.69, 9.17) is 21.1 Å². The highest BCUT2D eigenvalue weighted by Crippen LogP contribution is 2.39. The lowest BCUT2D eigenvalue weighted by Gasteiger charge is -2.22. The van der Waals surface area contributed by atoms with Gasteiger partial charge in [-0.15, -0.1) is 0 Å². The van der Waals surface area contributed by atoms with Crippen molar-refractivity contribution in [1.29, 1.82) is 0 Å². The van der Waals surface area contributed by atoms with Crippen molar-refractivity contribution in [2.24, 2.45) is 0 Å². The number of halogens is 1. The van der Waals surface area contributed by atoms with Crippen molar-refractivity contribution in [3.05, 3.63) is 58.6 Å². The quantitative estimate of drug-likeness (QED) is 0.820. The molecule has 2 aliphatic rings. The number of hydrogen-bond acceptors (Lipinski definition) is 4. The summed E-state index contributed by atoms with van der Waals surface area (Å²) in [7, 11) is 0. The predicted octanol–water partition coefficient (Wildman–Crippen LogP) is 3.47. The Morgan fingerprint density at radius 2 is 1.89 bits per heavy atom. The first kappa shape index (κ1) is 17.7. The Bertz CT molecular complexity index is 902. The maximum Gasteiger partial charge on any atom is 0.325 e. The van der Waals surface area contributed by atoms with Crippen molar-refractivity contribution in [1.82, 2.24) is 10.2 Å². The molecule has 2 aromatic rings. The Hall–Kier alpha value is -2.73. The Morgan fingerprint density at radius 1 is 1.15 bits per heavy atom. The summed E-state index contributed by atoms with van der Waals surface area (Å²) in [6.45, 7) is 2.88. The predicted molar refractivity (Wildman–Crippen MR) is 99.9 cm³/mol. The number of urea groups is 1. The zero-order valence-electron chi connectivity index (χ0n) is 14.8. The average Bonchev–Trinajstić information content (AvgIpc) is 2.84. The second-order valence-corrected chi connectivity index (χ2v) is 7.18. The van der Waals surface area contributed by atoms with Gasteiger partial charge in [0, 0.05) is 6.42 Å². The smallest absolute Gasteiger partial charge is 0.325 e. The number of nitrogens with one attached hydrogen (secondary N) is 1. The van der Waals surface area contributed by atoms with Crippen LogP contribution in [0.25, 0.3) is 0 Å². The molecule has 0 spiro atoms. The molecule has 0 aromatic heterocycles. The molecule has 4 rings (SSSR count). The first-order valence-corrected chi connectivity index (χ1v) is 9.14. The molecule has 0 saturated carbocycles. The normalized spacial score (nSPS) is 21.8. The highest BCUT2D eigenvalue weighted by Gasteiger charge is 2.48. The van der Waals surface area contributed by atoms with Gasteiger partial charge in [0.25, 0.3) is 5.91 Å². The van der Waals surface area contributed by atoms with Crippen molar-refractivity contribution in [2.75, 3.05) is 13.2 Å². The van der Waals surface area contributed by atoms with Crippen LogP contribution in [0.1, 0.15) is 24.5 Å². The zero-order chi connectivity index (χ0) is 19.0. The third-order valence-corrected chi connectivity index (χ3v) is 5.11. The number of nitrogens with zero attached hydrogens (tertiary/aromatic N) is 1. The van der Waals surface area contributed by atoms with Crippen LogP contribution in [-0.4, -0.2) is 30.1 Å². The molecule has 3 amide bonds. The third-order valence-electron chi connectivity index (χ3n) is 4.83. The summed E-state index contributed by atoms with van der Waals surface area (Å²) in [5.41, 5.74) is 0.348. The van der Waals surface area contributed by atoms with Gasteiger partial charge >= 0.3 is 6.03 Å². The average molecular weight is 387 g/mol. The first-order valence-electron chi connectivity index (χ1n) is 8.77. The topological polar surface area (TPSA) is 67.9 Å². The van der Waals surface area contributed by atoms with E-state index in [0.717, 1.165) is 12.0 Å². The fraction of sp³-hybridized carbons (Fsp3) is 0.300. The SMILES string of the molecule is CC1(c2ccccc2)NC(=O)N(Cc2cc(Cl)c3c(c2)OCCCO3)C1=O. The molecule has 1 atom stereocenters. The van der Waals surface area contributed by atoms with Gasteiger partial charge in [0.05, 0.1) is 24.8 Å². The molecule has 0 aliphatic carbocycles. The second kappa shape index (κ2) is 6.78. The molecule has 140 valence electrons. The van der Waals surface area contributed by atoms with Crippen molar-refractivity contribution in [3.8, 4) is 11.5 Å². The lowest BCUT2D eigenvalue weighted by molar-refractivity contribution is -0.131. The fourth-order valence-electron chi connectivity index (χ4n) is 3.37. The van der Waals surface area contributed by atoms with Crippen LogP contribution in [-0.2, 0) is 16.9 Å². The third kappa shape index (κ3) is 3.10. The van der Waals surface area contributed by atoms with Gasteiger partial charge in [-0.2, -0.15) is 0 Å². The van der Waals surface area contributed by atoms with Crippen LogP contribution in [0.15, 0.2) is 42.5 Å². The summed E-state index contributed by atoms with van der Waals surface area (Å²) in [5, 5.41) is 3.21. The molecule has 27 heavy (non-hydrogen) atoms. The number of rotatable bonds is 3. The first-order chi connectivity index (χ1) is 13.0. The molecule has 1 fully saturated rings. The minimum absolute atomic E-state index is 0.101. The number of fused-ring (bicyclic) bond motifs is 1. The molecule has 6 nitrogen and oxygen atoms in total. The summed E-state index contributed by atoms with van der Waals surface area (Å²) in [6.07, 6.45) is 0.767. The van der Waals surface area contributed by atoms with E-state index in [1.54, 1.807) is 19.1 Å². The van der Waals surface area contributed by atoms with Gasteiger partial charge in [-0.25, -0.2) is 4.79 Å². The minimum Gasteiger partial charge on any atom is -0.489 e. The number of benzene rings is 2. The van der Waals surface area contributed by atoms with E-state index in [0.29, 0.717) is 35.3 Å². The van der Waals surface area contributed by atoms with E-state index in [1.807, 2.05) is 30.3 Å². The van der Waals surface area contributed by atoms with E-state index in [2.05, 4.69) is 5.32 Å². The molecule has 2 aromatic carbocycles. The van der Waals surface area contributed by atoms with Crippen molar-refractivity contribution < 1.29 is 19.1 Å². The van der Waals surface area contributed by atoms with Gasteiger partial charge in [0.2, 0.25) is 0 Å². The van der Waals surface area contributed by atoms with Crippen LogP contribution in [0.5, 0.6) is 11.5 Å². The molecule has 2 aliphatic heterocycles. The maximum absolute atomic E-state index is 13.0. The van der Waals surface area contributed by atoms with Crippen molar-refractivity contribution in [2.45, 2.75) is 25.4 Å². The van der Waals surface area contributed by atoms with Crippen molar-refractivity contribution in [3.63, 3.8) is 0 Å². The maximum atomic E-state index is 13.0. The van der Waals surface area contributed by atoms with Gasteiger partial charge in [-0.05, 0) is 30.2 Å². The standard InChI is InChI=1S/C20H19ClN2O4/c1-20(14-6-3-2-4-7-14)18(24)23(19(25)22-20)12-13-10-15(21)17-16(11-13)26-8-5-9-27-17/h2-4,6-7,10-11H,5,8-9,12H2,1H3,(H,22,25). The van der Waals surface area contributed by atoms with E-state index in [1.165, 1.54) is 4.90 Å². The van der Waals surface area contributed by atoms with Crippen LogP contribution in [0.2, 0.25) is 5.02 Å². The zero-order valence-corrected chi connectivity index (χ0v) is 15.6. The Kier molecular flexibility index (Phi) is 4.44. The van der Waals surface area contributed by atoms with Crippen molar-refractivity contribution >= 4 is 23.5 Å². The molecule has 0 radical (unpaired) electrons. The second-order valence-electron chi connectivity index (χ2n) is 6.77. The Morgan fingerprint density at radius 3 is 2.67 bits per heavy atom. The highest BCUT2D eigenvalue weighted by molar-refractivity contribution is 6.32. The Balaban J connectivity index is 1.62. The summed E-state index contributed by atoms with van der Waals surface area (Å²) in [4.78, 5) is 26.7. The largest absolute Gasteiger partial charge is 0.489 e. The van der Waals surface area contributed by atoms with Gasteiger partial charge in [0.1, 0.15) is 5.54 Å². The summed E-state index contributed by atoms with van der Waals surface area (Å²) >= 11 is 6.32. The van der Waals surface area contributed by atoms with Crippen LogP contribution in [0.4, 0.5) is 4.79 Å². The molecule has 1 N–H and O–H groups in total. The number of carbonyl (C=O) groups excluding carboxylic acids is 2. The summed E-state index contributed by atoms with van der Waals surface area (Å²) < 4.78 is 11.3. The number of imide groups is 1. The lowest BCUT2D eigenvalue weighted by atomic mass is 9.92. The van der Waals surface area contributed by atoms with Gasteiger partial charge in [-0.1, -0.05) is 41.9 Å². The molecule has 1 saturated heterocycles.